The molecule has 4 heterocycles. The van der Waals surface area contributed by atoms with Gasteiger partial charge in [0.05, 0.1) is 39.9 Å². The zero-order valence-electron chi connectivity index (χ0n) is 16.8. The highest BCUT2D eigenvalue weighted by atomic mass is 16.1. The summed E-state index contributed by atoms with van der Waals surface area (Å²) in [7, 11) is 1.96. The average molecular weight is 399 g/mol. The topological polar surface area (TPSA) is 104 Å². The molecule has 1 aliphatic rings. The Bertz CT molecular complexity index is 1360. The number of anilines is 1. The average Bonchev–Trinajstić information content (AvgIpc) is 3.46. The second-order valence-corrected chi connectivity index (χ2v) is 7.59. The van der Waals surface area contributed by atoms with Gasteiger partial charge in [-0.25, -0.2) is 9.97 Å². The van der Waals surface area contributed by atoms with Crippen molar-refractivity contribution in [2.45, 2.75) is 19.4 Å². The smallest absolute Gasteiger partial charge is 0.163 e. The Morgan fingerprint density at radius 1 is 1.30 bits per heavy atom. The third kappa shape index (κ3) is 2.91. The Kier molecular flexibility index (Phi) is 4.26. The number of nitrogens with two attached hydrogens (primary N) is 1. The van der Waals surface area contributed by atoms with Crippen LogP contribution in [0.2, 0.25) is 0 Å². The lowest BCUT2D eigenvalue weighted by Gasteiger charge is -2.12. The summed E-state index contributed by atoms with van der Waals surface area (Å²) < 4.78 is 3.86. The molecule has 0 spiro atoms. The van der Waals surface area contributed by atoms with Crippen LogP contribution in [0.5, 0.6) is 0 Å². The minimum absolute atomic E-state index is 0.0697. The van der Waals surface area contributed by atoms with Crippen molar-refractivity contribution in [1.82, 2.24) is 29.6 Å². The van der Waals surface area contributed by atoms with Crippen LogP contribution in [0.1, 0.15) is 41.0 Å². The summed E-state index contributed by atoms with van der Waals surface area (Å²) in [5.74, 6) is 6.59. The van der Waals surface area contributed by atoms with Gasteiger partial charge >= 0.3 is 0 Å². The third-order valence-electron chi connectivity index (χ3n) is 5.56. The molecule has 3 N–H and O–H groups in total. The Labute approximate surface area is 173 Å². The van der Waals surface area contributed by atoms with E-state index in [1.807, 2.05) is 34.5 Å². The molecular formula is C22H21N7O. The lowest BCUT2D eigenvalue weighted by Crippen LogP contribution is -2.15. The van der Waals surface area contributed by atoms with Crippen LogP contribution in [0.4, 0.5) is 5.82 Å². The predicted molar refractivity (Wildman–Crippen MR) is 115 cm³/mol. The number of rotatable bonds is 2. The number of aromatic nitrogens is 5. The molecule has 0 saturated carbocycles. The molecule has 1 aliphatic heterocycles. The second kappa shape index (κ2) is 6.97. The summed E-state index contributed by atoms with van der Waals surface area (Å²) in [6.45, 7) is 3.23. The van der Waals surface area contributed by atoms with Gasteiger partial charge < -0.3 is 15.6 Å². The molecular weight excluding hydrogens is 378 g/mol. The van der Waals surface area contributed by atoms with E-state index in [4.69, 9.17) is 10.8 Å². The maximum atomic E-state index is 12.3. The zero-order valence-corrected chi connectivity index (χ0v) is 16.8. The molecule has 1 fully saturated rings. The number of hydrogen-bond donors (Lipinski definition) is 2. The fourth-order valence-electron chi connectivity index (χ4n) is 4.00. The number of aryl methyl sites for hydroxylation is 1. The van der Waals surface area contributed by atoms with Crippen LogP contribution in [0.3, 0.4) is 0 Å². The molecule has 30 heavy (non-hydrogen) atoms. The normalized spacial score (nSPS) is 16.1. The number of carbonyl (C=O) groups is 1. The Hall–Kier alpha value is -3.70. The van der Waals surface area contributed by atoms with Crippen LogP contribution in [0.15, 0.2) is 30.7 Å². The summed E-state index contributed by atoms with van der Waals surface area (Å²) in [6, 6.07) is 6.05. The van der Waals surface area contributed by atoms with Gasteiger partial charge in [0.1, 0.15) is 11.5 Å². The monoisotopic (exact) mass is 399 g/mol. The Balaban J connectivity index is 1.68. The number of fused-ring (bicyclic) bond motifs is 2. The van der Waals surface area contributed by atoms with Crippen molar-refractivity contribution in [2.75, 3.05) is 18.8 Å². The first-order valence-electron chi connectivity index (χ1n) is 9.84. The Morgan fingerprint density at radius 2 is 2.17 bits per heavy atom. The van der Waals surface area contributed by atoms with Crippen LogP contribution in [-0.2, 0) is 7.05 Å². The molecule has 8 heteroatoms. The Morgan fingerprint density at radius 3 is 2.93 bits per heavy atom. The van der Waals surface area contributed by atoms with E-state index in [0.29, 0.717) is 28.0 Å². The van der Waals surface area contributed by atoms with E-state index in [1.54, 1.807) is 6.33 Å². The van der Waals surface area contributed by atoms with E-state index in [-0.39, 0.29) is 11.8 Å². The van der Waals surface area contributed by atoms with Crippen molar-refractivity contribution in [1.29, 1.82) is 0 Å². The van der Waals surface area contributed by atoms with Gasteiger partial charge in [-0.15, -0.1) is 0 Å². The van der Waals surface area contributed by atoms with E-state index >= 15 is 0 Å². The van der Waals surface area contributed by atoms with E-state index in [9.17, 15) is 4.79 Å². The number of pyridine rings is 1. The first-order chi connectivity index (χ1) is 14.5. The number of carbonyl (C=O) groups excluding carboxylic acids is 1. The molecule has 1 unspecified atom stereocenters. The van der Waals surface area contributed by atoms with E-state index in [2.05, 4.69) is 27.1 Å². The van der Waals surface area contributed by atoms with Crippen LogP contribution in [-0.4, -0.2) is 43.2 Å². The van der Waals surface area contributed by atoms with Crippen molar-refractivity contribution in [3.8, 4) is 11.8 Å². The standard InChI is InChI=1S/C22H21N7O/c1-13(30)16-11-25-22(23)20-17(27-29(21(16)20)15-7-8-24-10-15)5-3-14-4-6-19-18(9-14)26-12-28(19)2/h4,6,9,11-12,15,24H,7-8,10H2,1-2H3,(H2,23,25). The molecule has 3 aromatic heterocycles. The van der Waals surface area contributed by atoms with Gasteiger partial charge in [-0.05, 0) is 44.0 Å². The summed E-state index contributed by atoms with van der Waals surface area (Å²) >= 11 is 0. The van der Waals surface area contributed by atoms with Gasteiger partial charge in [-0.1, -0.05) is 5.92 Å². The van der Waals surface area contributed by atoms with Crippen LogP contribution >= 0.6 is 0 Å². The maximum Gasteiger partial charge on any atom is 0.163 e. The number of benzene rings is 1. The summed E-state index contributed by atoms with van der Waals surface area (Å²) in [5, 5.41) is 8.75. The SMILES string of the molecule is CC(=O)c1cnc(N)c2c(C#Cc3ccc4c(c3)ncn4C)nn(C3CCNC3)c12. The van der Waals surface area contributed by atoms with Gasteiger partial charge in [0.2, 0.25) is 0 Å². The fraction of sp³-hybridized carbons (Fsp3) is 0.273. The minimum atomic E-state index is -0.0697. The second-order valence-electron chi connectivity index (χ2n) is 7.59. The molecule has 4 aromatic rings. The van der Waals surface area contributed by atoms with Crippen LogP contribution < -0.4 is 11.1 Å². The van der Waals surface area contributed by atoms with Gasteiger partial charge in [0, 0.05) is 25.4 Å². The van der Waals surface area contributed by atoms with Crippen LogP contribution in [0, 0.1) is 11.8 Å². The number of nitrogen functional groups attached to an aromatic ring is 1. The highest BCUT2D eigenvalue weighted by Crippen LogP contribution is 2.30. The highest BCUT2D eigenvalue weighted by molar-refractivity contribution is 6.09. The molecule has 1 atom stereocenters. The molecule has 150 valence electrons. The number of ketones is 1. The first-order valence-corrected chi connectivity index (χ1v) is 9.84. The van der Waals surface area contributed by atoms with Crippen molar-refractivity contribution in [3.05, 3.63) is 47.5 Å². The number of nitrogens with one attached hydrogen (secondary N) is 1. The number of imidazole rings is 1. The van der Waals surface area contributed by atoms with Gasteiger partial charge in [-0.3, -0.25) is 9.48 Å². The maximum absolute atomic E-state index is 12.3. The molecule has 8 nitrogen and oxygen atoms in total. The molecule has 0 radical (unpaired) electrons. The third-order valence-corrected chi connectivity index (χ3v) is 5.56. The molecule has 0 amide bonds. The van der Waals surface area contributed by atoms with Crippen molar-refractivity contribution >= 4 is 33.5 Å². The lowest BCUT2D eigenvalue weighted by atomic mass is 10.1. The molecule has 1 saturated heterocycles. The van der Waals surface area contributed by atoms with Gasteiger partial charge in [0.15, 0.2) is 5.78 Å². The zero-order chi connectivity index (χ0) is 20.8. The lowest BCUT2D eigenvalue weighted by molar-refractivity contribution is 0.101. The molecule has 0 bridgehead atoms. The summed E-state index contributed by atoms with van der Waals surface area (Å²) in [4.78, 5) is 20.9. The van der Waals surface area contributed by atoms with E-state index < -0.39 is 0 Å². The largest absolute Gasteiger partial charge is 0.383 e. The van der Waals surface area contributed by atoms with Crippen molar-refractivity contribution in [3.63, 3.8) is 0 Å². The predicted octanol–water partition coefficient (Wildman–Crippen LogP) is 2.04. The van der Waals surface area contributed by atoms with E-state index in [1.165, 1.54) is 13.1 Å². The first kappa shape index (κ1) is 18.3. The summed E-state index contributed by atoms with van der Waals surface area (Å²) in [5.41, 5.74) is 10.7. The fourth-order valence-corrected chi connectivity index (χ4v) is 4.00. The summed E-state index contributed by atoms with van der Waals surface area (Å²) in [6.07, 6.45) is 4.24. The quantitative estimate of drug-likeness (QED) is 0.395. The van der Waals surface area contributed by atoms with E-state index in [0.717, 1.165) is 36.1 Å². The molecule has 0 aliphatic carbocycles. The number of nitrogens with zero attached hydrogens (tertiary/aromatic N) is 5. The minimum Gasteiger partial charge on any atom is -0.383 e. The van der Waals surface area contributed by atoms with Crippen LogP contribution in [0.25, 0.3) is 21.9 Å². The number of Topliss-reactive ketones (excluding diaryl/α,β-unsaturated/α-hetero) is 1. The number of hydrogen-bond acceptors (Lipinski definition) is 6. The van der Waals surface area contributed by atoms with Gasteiger partial charge in [-0.2, -0.15) is 5.10 Å². The molecule has 5 rings (SSSR count). The highest BCUT2D eigenvalue weighted by Gasteiger charge is 2.25. The van der Waals surface area contributed by atoms with Gasteiger partial charge in [0.25, 0.3) is 0 Å². The van der Waals surface area contributed by atoms with Crippen molar-refractivity contribution in [2.24, 2.45) is 7.05 Å². The molecule has 1 aromatic carbocycles. The van der Waals surface area contributed by atoms with Crippen molar-refractivity contribution < 1.29 is 4.79 Å².